The molecule has 92 valence electrons. The van der Waals surface area contributed by atoms with Gasteiger partial charge in [-0.25, -0.2) is 4.79 Å². The zero-order valence-corrected chi connectivity index (χ0v) is 9.48. The molecule has 17 heavy (non-hydrogen) atoms. The molecule has 7 nitrogen and oxygen atoms in total. The van der Waals surface area contributed by atoms with E-state index >= 15 is 0 Å². The summed E-state index contributed by atoms with van der Waals surface area (Å²) in [5, 5.41) is 0. The molecule has 0 amide bonds. The highest BCUT2D eigenvalue weighted by Crippen LogP contribution is 2.18. The molecule has 0 bridgehead atoms. The lowest BCUT2D eigenvalue weighted by Gasteiger charge is -2.09. The monoisotopic (exact) mass is 258 g/mol. The zero-order valence-electron chi connectivity index (χ0n) is 8.67. The van der Waals surface area contributed by atoms with Crippen LogP contribution in [0, 0.1) is 0 Å². The van der Waals surface area contributed by atoms with E-state index in [1.807, 2.05) is 0 Å². The lowest BCUT2D eigenvalue weighted by Crippen LogP contribution is -2.22. The molecule has 0 saturated carbocycles. The van der Waals surface area contributed by atoms with Gasteiger partial charge in [-0.1, -0.05) is 17.0 Å². The molecule has 0 saturated heterocycles. The van der Waals surface area contributed by atoms with Gasteiger partial charge in [-0.2, -0.15) is 0 Å². The van der Waals surface area contributed by atoms with Crippen LogP contribution in [0.2, 0.25) is 0 Å². The second-order valence-corrected chi connectivity index (χ2v) is 3.43. The van der Waals surface area contributed by atoms with Crippen molar-refractivity contribution in [2.45, 2.75) is 6.92 Å². The van der Waals surface area contributed by atoms with Crippen LogP contribution in [-0.2, 0) is 20.9 Å². The van der Waals surface area contributed by atoms with Crippen LogP contribution in [0.4, 0.5) is 0 Å². The Kier molecular flexibility index (Phi) is 4.76. The molecule has 1 N–H and O–H groups in total. The summed E-state index contributed by atoms with van der Waals surface area (Å²) in [7, 11) is 0. The second kappa shape index (κ2) is 6.09. The van der Waals surface area contributed by atoms with Crippen LogP contribution >= 0.6 is 0 Å². The molecule has 0 heterocycles. The number of rotatable bonds is 4. The maximum atomic E-state index is 11.4. The van der Waals surface area contributed by atoms with Crippen LogP contribution in [0.5, 0.6) is 5.75 Å². The third-order valence-corrected chi connectivity index (χ3v) is 1.78. The minimum atomic E-state index is -2.73. The summed E-state index contributed by atoms with van der Waals surface area (Å²) in [5.74, 6) is -1.60. The van der Waals surface area contributed by atoms with Crippen LogP contribution < -0.4 is 9.62 Å². The van der Waals surface area contributed by atoms with Crippen molar-refractivity contribution in [3.05, 3.63) is 29.8 Å². The van der Waals surface area contributed by atoms with Crippen molar-refractivity contribution in [2.24, 2.45) is 0 Å². The highest BCUT2D eigenvalue weighted by molar-refractivity contribution is 7.76. The molecule has 1 aromatic rings. The van der Waals surface area contributed by atoms with Crippen LogP contribution in [-0.4, -0.2) is 20.7 Å². The lowest BCUT2D eigenvalue weighted by molar-refractivity contribution is -0.131. The average molecular weight is 258 g/mol. The minimum absolute atomic E-state index is 0.0107. The number of ether oxygens (including phenoxy) is 1. The Morgan fingerprint density at radius 2 is 2.00 bits per heavy atom. The van der Waals surface area contributed by atoms with Crippen molar-refractivity contribution < 1.29 is 27.9 Å². The maximum Gasteiger partial charge on any atom is 0.361 e. The number of carbonyl (C=O) groups is 2. The van der Waals surface area contributed by atoms with E-state index in [2.05, 4.69) is 4.84 Å². The first-order valence-electron chi connectivity index (χ1n) is 4.34. The number of carbonyl (C=O) groups excluding carboxylic acids is 2. The molecule has 0 fully saturated rings. The smallest absolute Gasteiger partial charge is 0.361 e. The molecular weight excluding hydrogens is 250 g/mol. The van der Waals surface area contributed by atoms with E-state index in [0.717, 1.165) is 0 Å². The molecule has 8 heteroatoms. The summed E-state index contributed by atoms with van der Waals surface area (Å²) in [6.45, 7) is 1.17. The molecule has 0 aromatic heterocycles. The molecule has 0 aliphatic rings. The number of hydrogen-bond donors (Lipinski definition) is 1. The van der Waals surface area contributed by atoms with Crippen LogP contribution in [0.1, 0.15) is 17.3 Å². The predicted molar refractivity (Wildman–Crippen MR) is 55.2 cm³/mol. The van der Waals surface area contributed by atoms with Crippen LogP contribution in [0.3, 0.4) is 0 Å². The molecule has 1 unspecified atom stereocenters. The van der Waals surface area contributed by atoms with Crippen LogP contribution in [0.15, 0.2) is 24.3 Å². The Morgan fingerprint density at radius 3 is 2.59 bits per heavy atom. The topological polar surface area (TPSA) is 105 Å². The molecule has 0 radical (unpaired) electrons. The number of hydrogen-bond acceptors (Lipinski definition) is 6. The van der Waals surface area contributed by atoms with Gasteiger partial charge >= 0.3 is 11.9 Å². The van der Waals surface area contributed by atoms with Crippen molar-refractivity contribution in [3.8, 4) is 5.75 Å². The number of nitrogens with one attached hydrogen (secondary N) is 1. The summed E-state index contributed by atoms with van der Waals surface area (Å²) < 4.78 is 25.0. The highest BCUT2D eigenvalue weighted by Gasteiger charge is 2.15. The van der Waals surface area contributed by atoms with E-state index in [4.69, 9.17) is 4.74 Å². The molecule has 0 spiro atoms. The number of esters is 1. The fraction of sp³-hybridized carbons (Fsp3) is 0.111. The van der Waals surface area contributed by atoms with E-state index in [1.54, 1.807) is 6.07 Å². The van der Waals surface area contributed by atoms with E-state index in [0.29, 0.717) is 0 Å². The van der Waals surface area contributed by atoms with E-state index in [9.17, 15) is 18.4 Å². The van der Waals surface area contributed by atoms with Crippen LogP contribution in [0.25, 0.3) is 0 Å². The normalized spacial score (nSPS) is 11.6. The van der Waals surface area contributed by atoms with Crippen molar-refractivity contribution in [1.82, 2.24) is 4.89 Å². The van der Waals surface area contributed by atoms with Gasteiger partial charge in [0.25, 0.3) is 0 Å². The first-order valence-corrected chi connectivity index (χ1v) is 5.41. The first-order chi connectivity index (χ1) is 8.00. The van der Waals surface area contributed by atoms with Crippen molar-refractivity contribution >= 4 is 23.2 Å². The van der Waals surface area contributed by atoms with Gasteiger partial charge in [-0.15, -0.1) is 0 Å². The second-order valence-electron chi connectivity index (χ2n) is 2.80. The predicted octanol–water partition coefficient (Wildman–Crippen LogP) is 0.0674. The summed E-state index contributed by atoms with van der Waals surface area (Å²) in [6.07, 6.45) is 0. The third kappa shape index (κ3) is 4.31. The van der Waals surface area contributed by atoms with Gasteiger partial charge < -0.3 is 14.1 Å². The van der Waals surface area contributed by atoms with Crippen molar-refractivity contribution in [2.75, 3.05) is 0 Å². The van der Waals surface area contributed by atoms with Gasteiger partial charge in [0, 0.05) is 6.92 Å². The van der Waals surface area contributed by atoms with E-state index in [1.165, 1.54) is 30.0 Å². The van der Waals surface area contributed by atoms with Crippen molar-refractivity contribution in [1.29, 1.82) is 0 Å². The Balaban J connectivity index is 2.85. The Labute approximate surface area is 99.1 Å². The van der Waals surface area contributed by atoms with Gasteiger partial charge in [0.2, 0.25) is 0 Å². The standard InChI is InChI=1S/C9H9NO6S/c1-6(11)15-8-5-3-2-4-7(8)9(12)16-10-17(13)14/h2-5,10H,1H3,(H,13,14)/p-1. The van der Waals surface area contributed by atoms with Gasteiger partial charge in [0.15, 0.2) is 0 Å². The summed E-state index contributed by atoms with van der Waals surface area (Å²) in [4.78, 5) is 27.8. The number of para-hydroxylation sites is 1. The van der Waals surface area contributed by atoms with E-state index in [-0.39, 0.29) is 11.3 Å². The Morgan fingerprint density at radius 1 is 1.35 bits per heavy atom. The lowest BCUT2D eigenvalue weighted by atomic mass is 10.2. The fourth-order valence-corrected chi connectivity index (χ4v) is 1.15. The first kappa shape index (κ1) is 13.3. The highest BCUT2D eigenvalue weighted by atomic mass is 32.2. The third-order valence-electron chi connectivity index (χ3n) is 1.56. The molecular formula is C9H8NO6S-. The largest absolute Gasteiger partial charge is 0.758 e. The average Bonchev–Trinajstić information content (AvgIpc) is 2.25. The van der Waals surface area contributed by atoms with Gasteiger partial charge in [0.05, 0.1) is 11.3 Å². The van der Waals surface area contributed by atoms with E-state index < -0.39 is 23.2 Å². The summed E-state index contributed by atoms with van der Waals surface area (Å²) >= 11 is -2.73. The maximum absolute atomic E-state index is 11.4. The number of benzene rings is 1. The molecule has 0 aliphatic heterocycles. The SMILES string of the molecule is CC(=O)Oc1ccccc1C(=O)ONS(=O)[O-]. The molecule has 1 aromatic carbocycles. The van der Waals surface area contributed by atoms with Gasteiger partial charge in [-0.05, 0) is 12.1 Å². The fourth-order valence-electron chi connectivity index (χ4n) is 1.01. The molecule has 1 rings (SSSR count). The zero-order chi connectivity index (χ0) is 12.8. The summed E-state index contributed by atoms with van der Waals surface area (Å²) in [6, 6.07) is 5.77. The molecule has 1 atom stereocenters. The minimum Gasteiger partial charge on any atom is -0.758 e. The van der Waals surface area contributed by atoms with Gasteiger partial charge in [0.1, 0.15) is 11.3 Å². The van der Waals surface area contributed by atoms with Gasteiger partial charge in [-0.3, -0.25) is 9.00 Å². The Bertz CT molecular complexity index is 461. The Hall–Kier alpha value is -1.77. The molecule has 0 aliphatic carbocycles. The summed E-state index contributed by atoms with van der Waals surface area (Å²) in [5.41, 5.74) is -0.0688. The quantitative estimate of drug-likeness (QED) is 0.354. The van der Waals surface area contributed by atoms with Crippen molar-refractivity contribution in [3.63, 3.8) is 0 Å².